The van der Waals surface area contributed by atoms with Gasteiger partial charge in [-0.2, -0.15) is 0 Å². The average molecular weight is 222 g/mol. The normalized spacial score (nSPS) is 10.5. The van der Waals surface area contributed by atoms with Crippen LogP contribution in [0.4, 0.5) is 0 Å². The largest absolute Gasteiger partial charge is 0.463 e. The molecule has 0 radical (unpaired) electrons. The monoisotopic (exact) mass is 222 g/mol. The maximum atomic E-state index is 10.9. The standard InChI is InChI=1S/C12H14O2S/c1-2-14-12(13)9-6-10-15-11-7-4-3-5-8-11/h3-9H,2,10H2,1H3. The van der Waals surface area contributed by atoms with Gasteiger partial charge in [0.1, 0.15) is 0 Å². The fourth-order valence-electron chi connectivity index (χ4n) is 0.996. The zero-order valence-corrected chi connectivity index (χ0v) is 9.50. The van der Waals surface area contributed by atoms with Crippen LogP contribution in [0.5, 0.6) is 0 Å². The second-order valence-corrected chi connectivity index (χ2v) is 3.87. The van der Waals surface area contributed by atoms with Gasteiger partial charge in [0, 0.05) is 16.7 Å². The Labute approximate surface area is 94.3 Å². The van der Waals surface area contributed by atoms with Crippen LogP contribution >= 0.6 is 11.8 Å². The molecule has 0 amide bonds. The van der Waals surface area contributed by atoms with E-state index in [1.807, 2.05) is 36.4 Å². The van der Waals surface area contributed by atoms with Crippen LogP contribution in [0, 0.1) is 0 Å². The molecule has 1 rings (SSSR count). The van der Waals surface area contributed by atoms with Crippen LogP contribution in [-0.4, -0.2) is 18.3 Å². The molecular weight excluding hydrogens is 208 g/mol. The van der Waals surface area contributed by atoms with E-state index in [0.29, 0.717) is 6.61 Å². The van der Waals surface area contributed by atoms with E-state index >= 15 is 0 Å². The number of ether oxygens (including phenoxy) is 1. The molecule has 0 aliphatic carbocycles. The van der Waals surface area contributed by atoms with E-state index in [9.17, 15) is 4.79 Å². The van der Waals surface area contributed by atoms with Crippen LogP contribution in [0.3, 0.4) is 0 Å². The van der Waals surface area contributed by atoms with E-state index in [2.05, 4.69) is 0 Å². The predicted molar refractivity (Wildman–Crippen MR) is 62.9 cm³/mol. The summed E-state index contributed by atoms with van der Waals surface area (Å²) < 4.78 is 4.76. The van der Waals surface area contributed by atoms with E-state index in [1.54, 1.807) is 18.7 Å². The van der Waals surface area contributed by atoms with Gasteiger partial charge in [-0.05, 0) is 19.1 Å². The van der Waals surface area contributed by atoms with Gasteiger partial charge in [0.25, 0.3) is 0 Å². The average Bonchev–Trinajstić information content (AvgIpc) is 2.26. The second kappa shape index (κ2) is 7.12. The van der Waals surface area contributed by atoms with E-state index in [4.69, 9.17) is 4.74 Å². The lowest BCUT2D eigenvalue weighted by Crippen LogP contribution is -1.98. The first kappa shape index (κ1) is 11.9. The number of carbonyl (C=O) groups excluding carboxylic acids is 1. The van der Waals surface area contributed by atoms with Crippen LogP contribution in [0.1, 0.15) is 6.92 Å². The number of thioether (sulfide) groups is 1. The van der Waals surface area contributed by atoms with Gasteiger partial charge in [-0.15, -0.1) is 11.8 Å². The first-order valence-corrected chi connectivity index (χ1v) is 5.82. The topological polar surface area (TPSA) is 26.3 Å². The van der Waals surface area contributed by atoms with E-state index in [1.165, 1.54) is 11.0 Å². The summed E-state index contributed by atoms with van der Waals surface area (Å²) in [7, 11) is 0. The summed E-state index contributed by atoms with van der Waals surface area (Å²) in [4.78, 5) is 12.1. The number of esters is 1. The van der Waals surface area contributed by atoms with Gasteiger partial charge in [-0.25, -0.2) is 4.79 Å². The van der Waals surface area contributed by atoms with Gasteiger partial charge in [0.05, 0.1) is 6.61 Å². The fourth-order valence-corrected chi connectivity index (χ4v) is 1.73. The third-order valence-electron chi connectivity index (χ3n) is 1.63. The number of carbonyl (C=O) groups is 1. The van der Waals surface area contributed by atoms with Crippen molar-refractivity contribution in [3.8, 4) is 0 Å². The van der Waals surface area contributed by atoms with Crippen LogP contribution in [0.25, 0.3) is 0 Å². The van der Waals surface area contributed by atoms with Gasteiger partial charge < -0.3 is 4.74 Å². The molecule has 0 spiro atoms. The summed E-state index contributed by atoms with van der Waals surface area (Å²) in [5, 5.41) is 0. The van der Waals surface area contributed by atoms with Crippen molar-refractivity contribution in [1.82, 2.24) is 0 Å². The third-order valence-corrected chi connectivity index (χ3v) is 2.59. The van der Waals surface area contributed by atoms with Crippen LogP contribution < -0.4 is 0 Å². The fraction of sp³-hybridized carbons (Fsp3) is 0.250. The summed E-state index contributed by atoms with van der Waals surface area (Å²) in [6, 6.07) is 10.1. The molecule has 0 heterocycles. The van der Waals surface area contributed by atoms with E-state index < -0.39 is 0 Å². The molecule has 0 fully saturated rings. The molecule has 0 atom stereocenters. The van der Waals surface area contributed by atoms with Gasteiger partial charge in [0.15, 0.2) is 0 Å². The lowest BCUT2D eigenvalue weighted by Gasteiger charge is -1.96. The molecule has 2 nitrogen and oxygen atoms in total. The second-order valence-electron chi connectivity index (χ2n) is 2.78. The highest BCUT2D eigenvalue weighted by Gasteiger charge is 1.93. The first-order valence-electron chi connectivity index (χ1n) is 4.84. The number of hydrogen-bond donors (Lipinski definition) is 0. The molecule has 0 saturated carbocycles. The van der Waals surface area contributed by atoms with Crippen molar-refractivity contribution in [2.45, 2.75) is 11.8 Å². The van der Waals surface area contributed by atoms with Crippen LogP contribution in [0.15, 0.2) is 47.4 Å². The summed E-state index contributed by atoms with van der Waals surface area (Å²) in [6.07, 6.45) is 3.29. The maximum absolute atomic E-state index is 10.9. The van der Waals surface area contributed by atoms with Crippen LogP contribution in [-0.2, 0) is 9.53 Å². The molecule has 3 heteroatoms. The van der Waals surface area contributed by atoms with Crippen molar-refractivity contribution in [2.75, 3.05) is 12.4 Å². The van der Waals surface area contributed by atoms with Gasteiger partial charge in [-0.1, -0.05) is 24.3 Å². The summed E-state index contributed by atoms with van der Waals surface area (Å²) >= 11 is 1.69. The molecule has 80 valence electrons. The Hall–Kier alpha value is -1.22. The van der Waals surface area contributed by atoms with Crippen molar-refractivity contribution in [3.63, 3.8) is 0 Å². The first-order chi connectivity index (χ1) is 7.33. The zero-order chi connectivity index (χ0) is 10.9. The minimum absolute atomic E-state index is 0.272. The number of benzene rings is 1. The van der Waals surface area contributed by atoms with E-state index in [-0.39, 0.29) is 5.97 Å². The maximum Gasteiger partial charge on any atom is 0.330 e. The van der Waals surface area contributed by atoms with Gasteiger partial charge >= 0.3 is 5.97 Å². The molecule has 0 bridgehead atoms. The minimum atomic E-state index is -0.272. The van der Waals surface area contributed by atoms with Gasteiger partial charge in [-0.3, -0.25) is 0 Å². The highest BCUT2D eigenvalue weighted by Crippen LogP contribution is 2.16. The lowest BCUT2D eigenvalue weighted by atomic mass is 10.4. The minimum Gasteiger partial charge on any atom is -0.463 e. The van der Waals surface area contributed by atoms with E-state index in [0.717, 1.165) is 5.75 Å². The molecule has 0 aliphatic heterocycles. The molecular formula is C12H14O2S. The Morgan fingerprint density at radius 1 is 1.40 bits per heavy atom. The van der Waals surface area contributed by atoms with Gasteiger partial charge in [0.2, 0.25) is 0 Å². The van der Waals surface area contributed by atoms with Crippen molar-refractivity contribution in [1.29, 1.82) is 0 Å². The Bertz CT molecular complexity index is 320. The summed E-state index contributed by atoms with van der Waals surface area (Å²) in [5.41, 5.74) is 0. The molecule has 0 aliphatic rings. The molecule has 15 heavy (non-hydrogen) atoms. The van der Waals surface area contributed by atoms with Crippen molar-refractivity contribution < 1.29 is 9.53 Å². The molecule has 0 aromatic heterocycles. The third kappa shape index (κ3) is 5.27. The molecule has 1 aromatic rings. The number of rotatable bonds is 5. The molecule has 0 N–H and O–H groups in total. The molecule has 0 saturated heterocycles. The summed E-state index contributed by atoms with van der Waals surface area (Å²) in [5.74, 6) is 0.509. The number of hydrogen-bond acceptors (Lipinski definition) is 3. The summed E-state index contributed by atoms with van der Waals surface area (Å²) in [6.45, 7) is 2.22. The van der Waals surface area contributed by atoms with Crippen molar-refractivity contribution >= 4 is 17.7 Å². The Morgan fingerprint density at radius 2 is 2.13 bits per heavy atom. The smallest absolute Gasteiger partial charge is 0.330 e. The SMILES string of the molecule is CCOC(=O)C=CCSc1ccccc1. The Balaban J connectivity index is 2.24. The Kier molecular flexibility index (Phi) is 5.63. The predicted octanol–water partition coefficient (Wildman–Crippen LogP) is 2.90. The van der Waals surface area contributed by atoms with Crippen LogP contribution in [0.2, 0.25) is 0 Å². The highest BCUT2D eigenvalue weighted by atomic mass is 32.2. The lowest BCUT2D eigenvalue weighted by molar-refractivity contribution is -0.137. The highest BCUT2D eigenvalue weighted by molar-refractivity contribution is 7.99. The zero-order valence-electron chi connectivity index (χ0n) is 8.68. The molecule has 1 aromatic carbocycles. The Morgan fingerprint density at radius 3 is 2.80 bits per heavy atom. The quantitative estimate of drug-likeness (QED) is 0.435. The van der Waals surface area contributed by atoms with Crippen molar-refractivity contribution in [3.05, 3.63) is 42.5 Å². The van der Waals surface area contributed by atoms with Crippen molar-refractivity contribution in [2.24, 2.45) is 0 Å². The molecule has 0 unspecified atom stereocenters.